The molecule has 18 heteroatoms. The number of imide groups is 1. The van der Waals surface area contributed by atoms with Crippen LogP contribution in [0.2, 0.25) is 15.5 Å². The first-order valence-corrected chi connectivity index (χ1v) is 13.3. The van der Waals surface area contributed by atoms with Gasteiger partial charge in [-0.3, -0.25) is 19.2 Å². The van der Waals surface area contributed by atoms with Crippen LogP contribution in [0.4, 0.5) is 8.78 Å². The lowest BCUT2D eigenvalue weighted by Crippen LogP contribution is -2.75. The van der Waals surface area contributed by atoms with E-state index in [1.54, 1.807) is 57.4 Å². The number of nitrogens with zero attached hydrogens (tertiary/aromatic N) is 2. The highest BCUT2D eigenvalue weighted by Gasteiger charge is 2.65. The Bertz CT molecular complexity index is 1460. The summed E-state index contributed by atoms with van der Waals surface area (Å²) < 4.78 is 29.9. The van der Waals surface area contributed by atoms with E-state index in [0.29, 0.717) is 16.7 Å². The molecule has 198 valence electrons. The van der Waals surface area contributed by atoms with E-state index in [-0.39, 0.29) is 23.4 Å². The van der Waals surface area contributed by atoms with Gasteiger partial charge in [-0.25, -0.2) is 0 Å². The third-order valence-corrected chi connectivity index (χ3v) is 9.68. The van der Waals surface area contributed by atoms with E-state index in [2.05, 4.69) is 5.32 Å². The van der Waals surface area contributed by atoms with Crippen LogP contribution in [0.3, 0.4) is 0 Å². The molecule has 0 spiro atoms. The van der Waals surface area contributed by atoms with Crippen molar-refractivity contribution in [1.29, 1.82) is 0 Å². The second-order valence-electron chi connectivity index (χ2n) is 12.4. The summed E-state index contributed by atoms with van der Waals surface area (Å²) in [5.74, 6) is -6.43. The molecule has 1 N–H and O–H groups in total. The molecule has 0 unspecified atom stereocenters. The van der Waals surface area contributed by atoms with E-state index in [4.69, 9.17) is 11.6 Å². The fourth-order valence-electron chi connectivity index (χ4n) is 5.73. The number of carbonyl (C=O) groups excluding carboxylic acids is 4. The van der Waals surface area contributed by atoms with Crippen LogP contribution in [0.25, 0.3) is 0 Å². The van der Waals surface area contributed by atoms with E-state index in [1.165, 1.54) is 25.0 Å². The fraction of sp³-hybridized carbons (Fsp3) is 0.273. The summed E-state index contributed by atoms with van der Waals surface area (Å²) in [6, 6.07) is 9.67. The van der Waals surface area contributed by atoms with Gasteiger partial charge in [-0.15, -0.1) is 0 Å². The molecule has 1 atom stereocenters. The zero-order valence-corrected chi connectivity index (χ0v) is 24.7. The number of fused-ring (bicyclic) bond motifs is 1. The molecule has 4 rings (SSSR count). The number of alkyl halides is 2. The van der Waals surface area contributed by atoms with Crippen molar-refractivity contribution < 1.29 is 28.0 Å². The average Bonchev–Trinajstić information content (AvgIpc) is 3.22. The molecule has 0 bridgehead atoms. The van der Waals surface area contributed by atoms with Crippen molar-refractivity contribution in [2.45, 2.75) is 33.7 Å². The van der Waals surface area contributed by atoms with Crippen LogP contribution in [0, 0.1) is 0 Å². The second kappa shape index (κ2) is 9.36. The fourth-order valence-corrected chi connectivity index (χ4v) is 5.86. The molecule has 0 radical (unpaired) electrons. The van der Waals surface area contributed by atoms with E-state index in [9.17, 15) is 28.0 Å². The Morgan fingerprint density at radius 2 is 1.48 bits per heavy atom. The van der Waals surface area contributed by atoms with Crippen LogP contribution in [0.1, 0.15) is 27.0 Å². The maximum absolute atomic E-state index is 15.0. The highest BCUT2D eigenvalue weighted by molar-refractivity contribution is 6.68. The number of nitrogens with one attached hydrogen (secondary N) is 1. The van der Waals surface area contributed by atoms with Gasteiger partial charge in [0.2, 0.25) is 19.8 Å². The lowest BCUT2D eigenvalue weighted by molar-refractivity contribution is -0.149. The number of rotatable bonds is 5. The van der Waals surface area contributed by atoms with E-state index in [1.807, 2.05) is 15.7 Å². The SMILES string of the molecule is BN1C(=O)C(B)(B)C(B)(B)[C@](B)(N2Cc3cc(C(B)(B)NC(=O)C(F)(F)c4ccc(Cl)cc4)ccc3C2=O)C1=O. The first-order valence-electron chi connectivity index (χ1n) is 13.0. The Balaban J connectivity index is 1.65. The van der Waals surface area contributed by atoms with Gasteiger partial charge >= 0.3 is 5.92 Å². The molecule has 2 aliphatic heterocycles. The minimum absolute atomic E-state index is 0.0801. The predicted octanol–water partition coefficient (Wildman–Crippen LogP) is -5.41. The Morgan fingerprint density at radius 1 is 0.925 bits per heavy atom. The molecular formula is C22H26B8ClF2N3O4. The van der Waals surface area contributed by atoms with Gasteiger partial charge in [0.15, 0.2) is 0 Å². The average molecular weight is 556 g/mol. The van der Waals surface area contributed by atoms with E-state index >= 15 is 0 Å². The molecule has 1 saturated heterocycles. The number of amides is 4. The molecule has 2 aromatic rings. The van der Waals surface area contributed by atoms with Crippen LogP contribution < -0.4 is 5.32 Å². The minimum Gasteiger partial charge on any atom is -0.357 e. The van der Waals surface area contributed by atoms with Crippen LogP contribution >= 0.6 is 11.6 Å². The van der Waals surface area contributed by atoms with Gasteiger partial charge < -0.3 is 15.0 Å². The lowest BCUT2D eigenvalue weighted by atomic mass is 9.21. The summed E-state index contributed by atoms with van der Waals surface area (Å²) in [6.07, 6.45) is 0. The van der Waals surface area contributed by atoms with Crippen LogP contribution in [-0.4, -0.2) is 102 Å². The molecule has 0 aliphatic carbocycles. The van der Waals surface area contributed by atoms with Gasteiger partial charge in [-0.05, 0) is 34.5 Å². The molecule has 40 heavy (non-hydrogen) atoms. The third-order valence-electron chi connectivity index (χ3n) is 9.43. The smallest absolute Gasteiger partial charge is 0.349 e. The Kier molecular flexibility index (Phi) is 7.06. The van der Waals surface area contributed by atoms with Crippen molar-refractivity contribution >= 4 is 98.1 Å². The second-order valence-corrected chi connectivity index (χ2v) is 12.9. The Morgan fingerprint density at radius 3 is 2.05 bits per heavy atom. The van der Waals surface area contributed by atoms with Crippen molar-refractivity contribution in [3.63, 3.8) is 0 Å². The first-order chi connectivity index (χ1) is 18.2. The van der Waals surface area contributed by atoms with Crippen molar-refractivity contribution in [1.82, 2.24) is 15.0 Å². The molecule has 0 saturated carbocycles. The van der Waals surface area contributed by atoms with E-state index in [0.717, 1.165) is 16.9 Å². The number of halogens is 3. The lowest BCUT2D eigenvalue weighted by Gasteiger charge is -2.61. The molecule has 2 heterocycles. The van der Waals surface area contributed by atoms with E-state index < -0.39 is 44.5 Å². The molecule has 0 aromatic heterocycles. The normalized spacial score (nSPS) is 22.2. The van der Waals surface area contributed by atoms with Crippen LogP contribution in [0.5, 0.6) is 0 Å². The van der Waals surface area contributed by atoms with Crippen molar-refractivity contribution in [2.75, 3.05) is 0 Å². The van der Waals surface area contributed by atoms with Gasteiger partial charge in [-0.2, -0.15) is 8.78 Å². The largest absolute Gasteiger partial charge is 0.357 e. The Labute approximate surface area is 244 Å². The maximum Gasteiger partial charge on any atom is 0.349 e. The van der Waals surface area contributed by atoms with Gasteiger partial charge in [0.05, 0.1) is 5.44 Å². The predicted molar refractivity (Wildman–Crippen MR) is 170 cm³/mol. The summed E-state index contributed by atoms with van der Waals surface area (Å²) >= 11 is 5.80. The monoisotopic (exact) mass is 557 g/mol. The summed E-state index contributed by atoms with van der Waals surface area (Å²) in [5, 5.41) is -0.399. The summed E-state index contributed by atoms with van der Waals surface area (Å²) in [5.41, 5.74) is -0.358. The Hall–Kier alpha value is -2.81. The van der Waals surface area contributed by atoms with Gasteiger partial charge in [0, 0.05) is 28.0 Å². The molecular weight excluding hydrogens is 530 g/mol. The first kappa shape index (κ1) is 30.2. The van der Waals surface area contributed by atoms with Gasteiger partial charge in [0.1, 0.15) is 54.9 Å². The number of piperidine rings is 1. The summed E-state index contributed by atoms with van der Waals surface area (Å²) in [6.45, 7) is 0.0801. The molecule has 1 fully saturated rings. The standard InChI is InChI=1S/C22H26B8ClF2N3O4/c23-19(24)16(39)36(30)17(40)20(25,22(19,28)29)35-8-9-7-11(3-6-13(9)14(35)37)21(26,27)34-15(38)18(32,33)10-1-4-12(31)5-2-10/h1-7H,8,23-30H2,(H,34,38)/t20-/m1/s1. The highest BCUT2D eigenvalue weighted by atomic mass is 35.5. The molecule has 2 aromatic carbocycles. The van der Waals surface area contributed by atoms with Gasteiger partial charge in [0.25, 0.3) is 11.8 Å². The molecule has 4 amide bonds. The minimum atomic E-state index is -3.80. The van der Waals surface area contributed by atoms with Crippen molar-refractivity contribution in [3.05, 3.63) is 69.7 Å². The zero-order chi connectivity index (χ0) is 30.2. The maximum atomic E-state index is 15.0. The van der Waals surface area contributed by atoms with Gasteiger partial charge in [-0.1, -0.05) is 41.1 Å². The number of carbonyl (C=O) groups is 4. The number of hydrogen-bond donors (Lipinski definition) is 1. The van der Waals surface area contributed by atoms with Crippen molar-refractivity contribution in [3.8, 4) is 0 Å². The van der Waals surface area contributed by atoms with Crippen molar-refractivity contribution in [2.24, 2.45) is 0 Å². The summed E-state index contributed by atoms with van der Waals surface area (Å²) in [4.78, 5) is 55.6. The molecule has 7 nitrogen and oxygen atoms in total. The quantitative estimate of drug-likeness (QED) is 0.295. The number of hydrogen-bond acceptors (Lipinski definition) is 4. The molecule has 2 aliphatic rings. The topological polar surface area (TPSA) is 86.8 Å². The number of benzene rings is 2. The zero-order valence-electron chi connectivity index (χ0n) is 23.9. The van der Waals surface area contributed by atoms with Crippen LogP contribution in [0.15, 0.2) is 42.5 Å². The van der Waals surface area contributed by atoms with Crippen LogP contribution in [-0.2, 0) is 32.2 Å². The summed E-state index contributed by atoms with van der Waals surface area (Å²) in [7, 11) is 13.5. The highest BCUT2D eigenvalue weighted by Crippen LogP contribution is 2.57. The third kappa shape index (κ3) is 4.18.